The van der Waals surface area contributed by atoms with Crippen molar-refractivity contribution >= 4 is 16.9 Å². The molecule has 3 rings (SSSR count). The first kappa shape index (κ1) is 18.2. The van der Waals surface area contributed by atoms with Crippen molar-refractivity contribution in [2.24, 2.45) is 5.92 Å². The van der Waals surface area contributed by atoms with E-state index in [4.69, 9.17) is 4.52 Å². The van der Waals surface area contributed by atoms with Crippen LogP contribution >= 0.6 is 0 Å². The second kappa shape index (κ2) is 8.17. The molecule has 0 spiro atoms. The Kier molecular flexibility index (Phi) is 5.71. The van der Waals surface area contributed by atoms with Crippen LogP contribution in [-0.2, 0) is 17.6 Å². The minimum absolute atomic E-state index is 0.0173. The summed E-state index contributed by atoms with van der Waals surface area (Å²) >= 11 is 0. The number of para-hydroxylation sites is 1. The Morgan fingerprint density at radius 2 is 1.85 bits per heavy atom. The Morgan fingerprint density at radius 3 is 2.54 bits per heavy atom. The Labute approximate surface area is 154 Å². The fourth-order valence-electron chi connectivity index (χ4n) is 3.26. The third-order valence-electron chi connectivity index (χ3n) is 4.64. The highest BCUT2D eigenvalue weighted by Gasteiger charge is 2.20. The predicted molar refractivity (Wildman–Crippen MR) is 104 cm³/mol. The molecular formula is C22H26N2O2. The molecule has 136 valence electrons. The summed E-state index contributed by atoms with van der Waals surface area (Å²) in [6, 6.07) is 16.2. The maximum atomic E-state index is 12.6. The fraction of sp³-hybridized carbons (Fsp3) is 0.364. The highest BCUT2D eigenvalue weighted by Crippen LogP contribution is 2.23. The molecule has 0 aliphatic carbocycles. The molecular weight excluding hydrogens is 324 g/mol. The van der Waals surface area contributed by atoms with Gasteiger partial charge in [-0.2, -0.15) is 0 Å². The van der Waals surface area contributed by atoms with E-state index < -0.39 is 0 Å². The van der Waals surface area contributed by atoms with E-state index in [0.717, 1.165) is 23.8 Å². The van der Waals surface area contributed by atoms with E-state index in [1.807, 2.05) is 24.3 Å². The molecule has 1 amide bonds. The van der Waals surface area contributed by atoms with E-state index >= 15 is 0 Å². The van der Waals surface area contributed by atoms with E-state index in [1.54, 1.807) is 0 Å². The van der Waals surface area contributed by atoms with Gasteiger partial charge in [0.2, 0.25) is 5.91 Å². The first-order chi connectivity index (χ1) is 12.6. The Bertz CT molecular complexity index is 865. The number of benzene rings is 2. The number of aromatic nitrogens is 1. The van der Waals surface area contributed by atoms with Crippen LogP contribution < -0.4 is 5.32 Å². The number of carbonyl (C=O) groups excluding carboxylic acids is 1. The Morgan fingerprint density at radius 1 is 1.12 bits per heavy atom. The zero-order valence-corrected chi connectivity index (χ0v) is 15.7. The molecule has 0 aliphatic rings. The molecule has 0 saturated carbocycles. The summed E-state index contributed by atoms with van der Waals surface area (Å²) in [5.74, 6) is 0.255. The highest BCUT2D eigenvalue weighted by atomic mass is 16.5. The quantitative estimate of drug-likeness (QED) is 0.663. The van der Waals surface area contributed by atoms with Crippen LogP contribution in [0.3, 0.4) is 0 Å². The van der Waals surface area contributed by atoms with Crippen molar-refractivity contribution < 1.29 is 9.32 Å². The number of hydrogen-bond donors (Lipinski definition) is 1. The lowest BCUT2D eigenvalue weighted by Gasteiger charge is -2.23. The molecule has 2 aromatic carbocycles. The number of carbonyl (C=O) groups is 1. The fourth-order valence-corrected chi connectivity index (χ4v) is 3.26. The van der Waals surface area contributed by atoms with Crippen molar-refractivity contribution in [3.8, 4) is 0 Å². The lowest BCUT2D eigenvalue weighted by molar-refractivity contribution is -0.121. The van der Waals surface area contributed by atoms with E-state index in [0.29, 0.717) is 17.2 Å². The average Bonchev–Trinajstić information content (AvgIpc) is 3.04. The van der Waals surface area contributed by atoms with E-state index in [1.165, 1.54) is 5.56 Å². The molecule has 1 N–H and O–H groups in total. The maximum Gasteiger partial charge on any atom is 0.226 e. The summed E-state index contributed by atoms with van der Waals surface area (Å²) < 4.78 is 5.29. The lowest BCUT2D eigenvalue weighted by atomic mass is 9.94. The van der Waals surface area contributed by atoms with Crippen molar-refractivity contribution in [3.05, 3.63) is 65.4 Å². The van der Waals surface area contributed by atoms with Crippen LogP contribution in [0.15, 0.2) is 53.1 Å². The smallest absolute Gasteiger partial charge is 0.226 e. The van der Waals surface area contributed by atoms with Gasteiger partial charge in [-0.05, 0) is 35.6 Å². The highest BCUT2D eigenvalue weighted by molar-refractivity contribution is 5.86. The van der Waals surface area contributed by atoms with Crippen LogP contribution in [0.25, 0.3) is 11.0 Å². The zero-order chi connectivity index (χ0) is 18.5. The van der Waals surface area contributed by atoms with Gasteiger partial charge < -0.3 is 9.84 Å². The minimum Gasteiger partial charge on any atom is -0.356 e. The van der Waals surface area contributed by atoms with Gasteiger partial charge in [-0.25, -0.2) is 0 Å². The standard InChI is InChI=1S/C22H26N2O2/c1-4-7-16-10-12-17(13-11-16)22(15(2)3)23-21(25)14-19-18-8-5-6-9-20(18)26-24-19/h5-6,8-13,15,22H,4,7,14H2,1-3H3,(H,23,25). The third-order valence-corrected chi connectivity index (χ3v) is 4.64. The van der Waals surface area contributed by atoms with Gasteiger partial charge in [-0.15, -0.1) is 0 Å². The van der Waals surface area contributed by atoms with Crippen LogP contribution in [-0.4, -0.2) is 11.1 Å². The van der Waals surface area contributed by atoms with Crippen molar-refractivity contribution in [2.45, 2.75) is 46.1 Å². The molecule has 1 heterocycles. The van der Waals surface area contributed by atoms with Crippen molar-refractivity contribution in [3.63, 3.8) is 0 Å². The third kappa shape index (κ3) is 4.13. The van der Waals surface area contributed by atoms with Crippen molar-refractivity contribution in [2.75, 3.05) is 0 Å². The van der Waals surface area contributed by atoms with Crippen LogP contribution in [0.2, 0.25) is 0 Å². The number of nitrogens with zero attached hydrogens (tertiary/aromatic N) is 1. The van der Waals surface area contributed by atoms with Gasteiger partial charge in [0.15, 0.2) is 5.58 Å². The van der Waals surface area contributed by atoms with E-state index in [2.05, 4.69) is 55.5 Å². The summed E-state index contributed by atoms with van der Waals surface area (Å²) in [6.45, 7) is 6.42. The molecule has 26 heavy (non-hydrogen) atoms. The van der Waals surface area contributed by atoms with Gasteiger partial charge in [-0.1, -0.05) is 68.7 Å². The molecule has 1 aromatic heterocycles. The molecule has 0 aliphatic heterocycles. The van der Waals surface area contributed by atoms with Gasteiger partial charge in [0, 0.05) is 5.39 Å². The minimum atomic E-state index is -0.0413. The molecule has 0 bridgehead atoms. The monoisotopic (exact) mass is 350 g/mol. The van der Waals surface area contributed by atoms with Crippen LogP contribution in [0.5, 0.6) is 0 Å². The normalized spacial score (nSPS) is 12.5. The van der Waals surface area contributed by atoms with Crippen molar-refractivity contribution in [1.29, 1.82) is 0 Å². The molecule has 0 radical (unpaired) electrons. The summed E-state index contributed by atoms with van der Waals surface area (Å²) in [5.41, 5.74) is 3.86. The van der Waals surface area contributed by atoms with Gasteiger partial charge >= 0.3 is 0 Å². The number of rotatable bonds is 7. The second-order valence-electron chi connectivity index (χ2n) is 7.08. The molecule has 0 saturated heterocycles. The van der Waals surface area contributed by atoms with Crippen LogP contribution in [0.4, 0.5) is 0 Å². The number of aryl methyl sites for hydroxylation is 1. The number of amides is 1. The van der Waals surface area contributed by atoms with E-state index in [9.17, 15) is 4.79 Å². The van der Waals surface area contributed by atoms with Crippen molar-refractivity contribution in [1.82, 2.24) is 10.5 Å². The summed E-state index contributed by atoms with van der Waals surface area (Å²) in [5, 5.41) is 8.12. The Hall–Kier alpha value is -2.62. The largest absolute Gasteiger partial charge is 0.356 e. The van der Waals surface area contributed by atoms with Crippen LogP contribution in [0, 0.1) is 5.92 Å². The lowest BCUT2D eigenvalue weighted by Crippen LogP contribution is -2.33. The maximum absolute atomic E-state index is 12.6. The molecule has 3 aromatic rings. The zero-order valence-electron chi connectivity index (χ0n) is 15.7. The predicted octanol–water partition coefficient (Wildman–Crippen LogP) is 4.84. The molecule has 1 unspecified atom stereocenters. The van der Waals surface area contributed by atoms with Gasteiger partial charge in [0.1, 0.15) is 5.69 Å². The molecule has 1 atom stereocenters. The van der Waals surface area contributed by atoms with Gasteiger partial charge in [0.05, 0.1) is 12.5 Å². The topological polar surface area (TPSA) is 55.1 Å². The number of fused-ring (bicyclic) bond motifs is 1. The molecule has 0 fully saturated rings. The number of hydrogen-bond acceptors (Lipinski definition) is 3. The summed E-state index contributed by atoms with van der Waals surface area (Å²) in [4.78, 5) is 12.6. The molecule has 4 nitrogen and oxygen atoms in total. The summed E-state index contributed by atoms with van der Waals surface area (Å²) in [6.07, 6.45) is 2.43. The summed E-state index contributed by atoms with van der Waals surface area (Å²) in [7, 11) is 0. The first-order valence-corrected chi connectivity index (χ1v) is 9.30. The number of nitrogens with one attached hydrogen (secondary N) is 1. The van der Waals surface area contributed by atoms with Gasteiger partial charge in [-0.3, -0.25) is 4.79 Å². The molecule has 4 heteroatoms. The second-order valence-corrected chi connectivity index (χ2v) is 7.08. The first-order valence-electron chi connectivity index (χ1n) is 9.30. The SMILES string of the molecule is CCCc1ccc(C(NC(=O)Cc2noc3ccccc23)C(C)C)cc1. The average molecular weight is 350 g/mol. The van der Waals surface area contributed by atoms with Gasteiger partial charge in [0.25, 0.3) is 0 Å². The van der Waals surface area contributed by atoms with E-state index in [-0.39, 0.29) is 18.4 Å². The van der Waals surface area contributed by atoms with Crippen LogP contribution in [0.1, 0.15) is 50.1 Å². The Balaban J connectivity index is 1.72.